The first-order valence-electron chi connectivity index (χ1n) is 9.61. The number of benzene rings is 3. The number of hydrogen-bond donors (Lipinski definition) is 1. The third kappa shape index (κ3) is 4.19. The van der Waals surface area contributed by atoms with Crippen LogP contribution in [0.2, 0.25) is 0 Å². The molecule has 0 aliphatic carbocycles. The third-order valence-electron chi connectivity index (χ3n) is 4.96. The molecule has 5 nitrogen and oxygen atoms in total. The van der Waals surface area contributed by atoms with E-state index in [1.165, 1.54) is 0 Å². The van der Waals surface area contributed by atoms with Crippen LogP contribution in [0.4, 0.5) is 11.4 Å². The van der Waals surface area contributed by atoms with Gasteiger partial charge in [0, 0.05) is 16.9 Å². The van der Waals surface area contributed by atoms with Gasteiger partial charge in [-0.05, 0) is 61.0 Å². The highest BCUT2D eigenvalue weighted by molar-refractivity contribution is 8.00. The number of ether oxygens (including phenoxy) is 1. The average molecular weight is 419 g/mol. The van der Waals surface area contributed by atoms with Crippen molar-refractivity contribution in [3.05, 3.63) is 89.5 Å². The molecule has 4 rings (SSSR count). The van der Waals surface area contributed by atoms with E-state index in [0.717, 1.165) is 22.6 Å². The predicted octanol–water partition coefficient (Wildman–Crippen LogP) is 5.03. The zero-order valence-corrected chi connectivity index (χ0v) is 17.6. The van der Waals surface area contributed by atoms with Crippen molar-refractivity contribution in [2.24, 2.45) is 0 Å². The first-order chi connectivity index (χ1) is 14.5. The lowest BCUT2D eigenvalue weighted by molar-refractivity contribution is -0.115. The first-order valence-corrected chi connectivity index (χ1v) is 10.7. The summed E-state index contributed by atoms with van der Waals surface area (Å²) < 4.78 is 5.22. The number of amides is 2. The summed E-state index contributed by atoms with van der Waals surface area (Å²) in [5, 5.41) is 2.80. The van der Waals surface area contributed by atoms with Gasteiger partial charge in [0.15, 0.2) is 0 Å². The maximum atomic E-state index is 12.6. The lowest BCUT2D eigenvalue weighted by Gasteiger charge is -2.25. The Balaban J connectivity index is 1.56. The fraction of sp³-hybridized carbons (Fsp3) is 0.167. The number of carbonyl (C=O) groups is 2. The summed E-state index contributed by atoms with van der Waals surface area (Å²) >= 11 is 1.57. The van der Waals surface area contributed by atoms with Crippen molar-refractivity contribution >= 4 is 35.0 Å². The molecule has 2 amide bonds. The molecule has 3 aromatic carbocycles. The molecule has 1 aliphatic heterocycles. The van der Waals surface area contributed by atoms with E-state index in [9.17, 15) is 9.59 Å². The van der Waals surface area contributed by atoms with Crippen molar-refractivity contribution in [2.45, 2.75) is 12.3 Å². The highest BCUT2D eigenvalue weighted by atomic mass is 32.2. The summed E-state index contributed by atoms with van der Waals surface area (Å²) in [6.07, 6.45) is 0. The molecule has 0 spiro atoms. The summed E-state index contributed by atoms with van der Waals surface area (Å²) in [5.74, 6) is 1.06. The van der Waals surface area contributed by atoms with Crippen molar-refractivity contribution in [3.8, 4) is 5.75 Å². The van der Waals surface area contributed by atoms with E-state index in [0.29, 0.717) is 17.0 Å². The van der Waals surface area contributed by atoms with Crippen LogP contribution in [0.5, 0.6) is 5.75 Å². The SMILES string of the molecule is COc1ccc(N2C(=O)CS[C@H]2c2cccc(NC(=O)c3ccc(C)cc3)c2)cc1. The van der Waals surface area contributed by atoms with Crippen LogP contribution < -0.4 is 15.0 Å². The van der Waals surface area contributed by atoms with E-state index >= 15 is 0 Å². The van der Waals surface area contributed by atoms with Gasteiger partial charge in [-0.15, -0.1) is 11.8 Å². The largest absolute Gasteiger partial charge is 0.497 e. The molecule has 0 unspecified atom stereocenters. The maximum absolute atomic E-state index is 12.6. The van der Waals surface area contributed by atoms with E-state index in [2.05, 4.69) is 5.32 Å². The molecule has 1 N–H and O–H groups in total. The third-order valence-corrected chi connectivity index (χ3v) is 6.17. The average Bonchev–Trinajstić information content (AvgIpc) is 3.16. The van der Waals surface area contributed by atoms with E-state index < -0.39 is 0 Å². The Labute approximate surface area is 180 Å². The summed E-state index contributed by atoms with van der Waals surface area (Å²) in [5.41, 5.74) is 4.20. The molecule has 6 heteroatoms. The Hall–Kier alpha value is -3.25. The van der Waals surface area contributed by atoms with Gasteiger partial charge >= 0.3 is 0 Å². The highest BCUT2D eigenvalue weighted by Gasteiger charge is 2.34. The Morgan fingerprint density at radius 2 is 1.80 bits per heavy atom. The maximum Gasteiger partial charge on any atom is 0.255 e. The van der Waals surface area contributed by atoms with Crippen LogP contribution in [0.3, 0.4) is 0 Å². The molecule has 152 valence electrons. The lowest BCUT2D eigenvalue weighted by atomic mass is 10.1. The Kier molecular flexibility index (Phi) is 5.77. The Bertz CT molecular complexity index is 1060. The minimum Gasteiger partial charge on any atom is -0.497 e. The highest BCUT2D eigenvalue weighted by Crippen LogP contribution is 2.42. The number of nitrogens with one attached hydrogen (secondary N) is 1. The first kappa shape index (κ1) is 20.0. The van der Waals surface area contributed by atoms with Crippen LogP contribution in [0.15, 0.2) is 72.8 Å². The minimum atomic E-state index is -0.158. The standard InChI is InChI=1S/C24H22N2O3S/c1-16-6-8-17(9-7-16)23(28)25-19-5-3-4-18(14-19)24-26(22(27)15-30-24)20-10-12-21(29-2)13-11-20/h3-14,24H,15H2,1-2H3,(H,25,28)/t24-/m0/s1. The fourth-order valence-corrected chi connectivity index (χ4v) is 4.54. The predicted molar refractivity (Wildman–Crippen MR) is 121 cm³/mol. The number of aryl methyl sites for hydroxylation is 1. The van der Waals surface area contributed by atoms with Crippen LogP contribution in [0.25, 0.3) is 0 Å². The summed E-state index contributed by atoms with van der Waals surface area (Å²) in [7, 11) is 1.62. The molecule has 1 saturated heterocycles. The summed E-state index contributed by atoms with van der Waals surface area (Å²) in [6, 6.07) is 22.6. The monoisotopic (exact) mass is 418 g/mol. The van der Waals surface area contributed by atoms with Gasteiger partial charge in [-0.25, -0.2) is 0 Å². The van der Waals surface area contributed by atoms with Gasteiger partial charge in [0.2, 0.25) is 5.91 Å². The van der Waals surface area contributed by atoms with Crippen molar-refractivity contribution in [3.63, 3.8) is 0 Å². The number of thioether (sulfide) groups is 1. The van der Waals surface area contributed by atoms with Crippen LogP contribution >= 0.6 is 11.8 Å². The molecule has 1 aliphatic rings. The number of hydrogen-bond acceptors (Lipinski definition) is 4. The van der Waals surface area contributed by atoms with Crippen molar-refractivity contribution in [2.75, 3.05) is 23.1 Å². The number of rotatable bonds is 5. The number of nitrogens with zero attached hydrogens (tertiary/aromatic N) is 1. The second-order valence-corrected chi connectivity index (χ2v) is 8.14. The quantitative estimate of drug-likeness (QED) is 0.631. The van der Waals surface area contributed by atoms with Gasteiger partial charge < -0.3 is 10.1 Å². The van der Waals surface area contributed by atoms with Crippen molar-refractivity contribution in [1.82, 2.24) is 0 Å². The zero-order chi connectivity index (χ0) is 21.1. The molecule has 0 bridgehead atoms. The van der Waals surface area contributed by atoms with Crippen LogP contribution in [0, 0.1) is 6.92 Å². The minimum absolute atomic E-state index is 0.0595. The van der Waals surface area contributed by atoms with Crippen LogP contribution in [-0.4, -0.2) is 24.7 Å². The molecular formula is C24H22N2O3S. The topological polar surface area (TPSA) is 58.6 Å². The lowest BCUT2D eigenvalue weighted by Crippen LogP contribution is -2.27. The molecule has 1 atom stereocenters. The summed E-state index contributed by atoms with van der Waals surface area (Å²) in [4.78, 5) is 27.0. The molecule has 0 aromatic heterocycles. The number of carbonyl (C=O) groups excluding carboxylic acids is 2. The van der Waals surface area contributed by atoms with E-state index in [-0.39, 0.29) is 17.2 Å². The molecule has 3 aromatic rings. The van der Waals surface area contributed by atoms with Crippen LogP contribution in [-0.2, 0) is 4.79 Å². The van der Waals surface area contributed by atoms with E-state index in [1.807, 2.05) is 79.7 Å². The Morgan fingerprint density at radius 1 is 1.07 bits per heavy atom. The van der Waals surface area contributed by atoms with Gasteiger partial charge in [-0.3, -0.25) is 14.5 Å². The van der Waals surface area contributed by atoms with Gasteiger partial charge in [0.05, 0.1) is 12.9 Å². The fourth-order valence-electron chi connectivity index (χ4n) is 3.37. The molecule has 0 saturated carbocycles. The second kappa shape index (κ2) is 8.63. The molecule has 0 radical (unpaired) electrons. The molecule has 1 fully saturated rings. The van der Waals surface area contributed by atoms with E-state index in [1.54, 1.807) is 23.8 Å². The van der Waals surface area contributed by atoms with Crippen LogP contribution in [0.1, 0.15) is 26.9 Å². The Morgan fingerprint density at radius 3 is 2.50 bits per heavy atom. The molecule has 30 heavy (non-hydrogen) atoms. The van der Waals surface area contributed by atoms with Gasteiger partial charge in [0.25, 0.3) is 5.91 Å². The van der Waals surface area contributed by atoms with Gasteiger partial charge in [-0.2, -0.15) is 0 Å². The second-order valence-electron chi connectivity index (χ2n) is 7.07. The van der Waals surface area contributed by atoms with Gasteiger partial charge in [-0.1, -0.05) is 29.8 Å². The zero-order valence-electron chi connectivity index (χ0n) is 16.8. The number of anilines is 2. The smallest absolute Gasteiger partial charge is 0.255 e. The normalized spacial score (nSPS) is 15.9. The number of methoxy groups -OCH3 is 1. The summed E-state index contributed by atoms with van der Waals surface area (Å²) in [6.45, 7) is 1.99. The molecule has 1 heterocycles. The van der Waals surface area contributed by atoms with Gasteiger partial charge in [0.1, 0.15) is 11.1 Å². The molecular weight excluding hydrogens is 396 g/mol. The van der Waals surface area contributed by atoms with E-state index in [4.69, 9.17) is 4.74 Å². The van der Waals surface area contributed by atoms with Crippen molar-refractivity contribution in [1.29, 1.82) is 0 Å². The van der Waals surface area contributed by atoms with Crippen molar-refractivity contribution < 1.29 is 14.3 Å².